The molecule has 114 valence electrons. The first kappa shape index (κ1) is 14.6. The van der Waals surface area contributed by atoms with Crippen molar-refractivity contribution in [2.75, 3.05) is 17.7 Å². The van der Waals surface area contributed by atoms with Crippen molar-refractivity contribution in [3.05, 3.63) is 51.8 Å². The Morgan fingerprint density at radius 1 is 1.36 bits per heavy atom. The van der Waals surface area contributed by atoms with Crippen molar-refractivity contribution >= 4 is 29.0 Å². The van der Waals surface area contributed by atoms with E-state index in [1.54, 1.807) is 29.2 Å². The molecule has 0 aliphatic carbocycles. The van der Waals surface area contributed by atoms with Crippen LogP contribution in [0.3, 0.4) is 0 Å². The zero-order chi connectivity index (χ0) is 15.7. The second kappa shape index (κ2) is 5.84. The van der Waals surface area contributed by atoms with Gasteiger partial charge in [-0.15, -0.1) is 0 Å². The SMILES string of the molecule is CSc1ccc(C(=O)N2CCCc3c2cccc3[N+](=O)[O-])o1. The van der Waals surface area contributed by atoms with Gasteiger partial charge in [-0.25, -0.2) is 0 Å². The van der Waals surface area contributed by atoms with E-state index >= 15 is 0 Å². The third-order valence-electron chi connectivity index (χ3n) is 3.66. The maximum absolute atomic E-state index is 12.6. The Hall–Kier alpha value is -2.28. The van der Waals surface area contributed by atoms with E-state index in [1.807, 2.05) is 6.26 Å². The van der Waals surface area contributed by atoms with Gasteiger partial charge in [-0.1, -0.05) is 17.8 Å². The van der Waals surface area contributed by atoms with Crippen molar-refractivity contribution in [2.24, 2.45) is 0 Å². The van der Waals surface area contributed by atoms with Crippen LogP contribution in [0.5, 0.6) is 0 Å². The van der Waals surface area contributed by atoms with Gasteiger partial charge in [0.1, 0.15) is 0 Å². The number of nitro groups is 1. The van der Waals surface area contributed by atoms with Crippen molar-refractivity contribution in [3.63, 3.8) is 0 Å². The van der Waals surface area contributed by atoms with Crippen molar-refractivity contribution in [1.82, 2.24) is 0 Å². The van der Waals surface area contributed by atoms with E-state index in [0.29, 0.717) is 35.7 Å². The predicted octanol–water partition coefficient (Wildman–Crippen LogP) is 3.50. The number of benzene rings is 1. The summed E-state index contributed by atoms with van der Waals surface area (Å²) in [4.78, 5) is 24.9. The first-order valence-electron chi connectivity index (χ1n) is 6.84. The van der Waals surface area contributed by atoms with Gasteiger partial charge in [0.15, 0.2) is 10.9 Å². The third kappa shape index (κ3) is 2.48. The van der Waals surface area contributed by atoms with Crippen LogP contribution in [0.2, 0.25) is 0 Å². The molecule has 1 amide bonds. The molecule has 0 radical (unpaired) electrons. The molecule has 1 aromatic heterocycles. The van der Waals surface area contributed by atoms with Crippen LogP contribution in [-0.4, -0.2) is 23.6 Å². The van der Waals surface area contributed by atoms with Gasteiger partial charge in [-0.2, -0.15) is 0 Å². The summed E-state index contributed by atoms with van der Waals surface area (Å²) < 4.78 is 5.48. The molecule has 0 bridgehead atoms. The number of nitro benzene ring substituents is 1. The Labute approximate surface area is 131 Å². The maximum Gasteiger partial charge on any atom is 0.294 e. The molecule has 1 aliphatic heterocycles. The van der Waals surface area contributed by atoms with E-state index in [1.165, 1.54) is 17.8 Å². The van der Waals surface area contributed by atoms with Crippen LogP contribution in [-0.2, 0) is 6.42 Å². The fourth-order valence-electron chi connectivity index (χ4n) is 2.67. The predicted molar refractivity (Wildman–Crippen MR) is 83.6 cm³/mol. The van der Waals surface area contributed by atoms with Crippen LogP contribution in [0.4, 0.5) is 11.4 Å². The van der Waals surface area contributed by atoms with Crippen molar-refractivity contribution in [2.45, 2.75) is 17.9 Å². The largest absolute Gasteiger partial charge is 0.445 e. The normalized spacial score (nSPS) is 13.8. The van der Waals surface area contributed by atoms with Gasteiger partial charge >= 0.3 is 0 Å². The molecule has 1 aliphatic rings. The molecule has 0 saturated carbocycles. The highest BCUT2D eigenvalue weighted by Crippen LogP contribution is 2.35. The molecule has 22 heavy (non-hydrogen) atoms. The van der Waals surface area contributed by atoms with Crippen molar-refractivity contribution < 1.29 is 14.1 Å². The number of furan rings is 1. The maximum atomic E-state index is 12.6. The number of hydrogen-bond donors (Lipinski definition) is 0. The van der Waals surface area contributed by atoms with Gasteiger partial charge in [0.05, 0.1) is 16.2 Å². The van der Waals surface area contributed by atoms with Gasteiger partial charge in [0, 0.05) is 12.6 Å². The zero-order valence-corrected chi connectivity index (χ0v) is 12.8. The lowest BCUT2D eigenvalue weighted by Crippen LogP contribution is -2.35. The minimum Gasteiger partial charge on any atom is -0.445 e. The fraction of sp³-hybridized carbons (Fsp3) is 0.267. The van der Waals surface area contributed by atoms with Gasteiger partial charge in [0.25, 0.3) is 11.6 Å². The highest BCUT2D eigenvalue weighted by atomic mass is 32.2. The Morgan fingerprint density at radius 2 is 2.18 bits per heavy atom. The number of fused-ring (bicyclic) bond motifs is 1. The molecular formula is C15H14N2O4S. The molecule has 7 heteroatoms. The average Bonchev–Trinajstić information content (AvgIpc) is 3.02. The Morgan fingerprint density at radius 3 is 2.86 bits per heavy atom. The molecule has 0 N–H and O–H groups in total. The number of hydrogen-bond acceptors (Lipinski definition) is 5. The van der Waals surface area contributed by atoms with E-state index in [9.17, 15) is 14.9 Å². The molecule has 6 nitrogen and oxygen atoms in total. The fourth-order valence-corrected chi connectivity index (χ4v) is 3.04. The standard InChI is InChI=1S/C15H14N2O4S/c1-22-14-8-7-13(21-14)15(18)16-9-3-4-10-11(16)5-2-6-12(10)17(19)20/h2,5-8H,3-4,9H2,1H3. The Kier molecular flexibility index (Phi) is 3.89. The molecule has 0 fully saturated rings. The minimum atomic E-state index is -0.397. The monoisotopic (exact) mass is 318 g/mol. The van der Waals surface area contributed by atoms with Crippen LogP contribution in [0.15, 0.2) is 39.8 Å². The number of nitrogens with zero attached hydrogens (tertiary/aromatic N) is 2. The van der Waals surface area contributed by atoms with Crippen molar-refractivity contribution in [1.29, 1.82) is 0 Å². The van der Waals surface area contributed by atoms with Crippen LogP contribution in [0, 0.1) is 10.1 Å². The number of carbonyl (C=O) groups excluding carboxylic acids is 1. The summed E-state index contributed by atoms with van der Waals surface area (Å²) >= 11 is 1.42. The highest BCUT2D eigenvalue weighted by Gasteiger charge is 2.29. The molecule has 0 unspecified atom stereocenters. The molecule has 0 spiro atoms. The van der Waals surface area contributed by atoms with Gasteiger partial charge in [0.2, 0.25) is 0 Å². The lowest BCUT2D eigenvalue weighted by atomic mass is 9.99. The zero-order valence-electron chi connectivity index (χ0n) is 11.9. The summed E-state index contributed by atoms with van der Waals surface area (Å²) in [5.41, 5.74) is 1.29. The quantitative estimate of drug-likeness (QED) is 0.492. The summed E-state index contributed by atoms with van der Waals surface area (Å²) in [6, 6.07) is 8.22. The topological polar surface area (TPSA) is 76.6 Å². The molecule has 3 rings (SSSR count). The van der Waals surface area contributed by atoms with Crippen LogP contribution >= 0.6 is 11.8 Å². The number of anilines is 1. The first-order valence-corrected chi connectivity index (χ1v) is 8.06. The lowest BCUT2D eigenvalue weighted by molar-refractivity contribution is -0.385. The second-order valence-electron chi connectivity index (χ2n) is 4.92. The minimum absolute atomic E-state index is 0.0687. The van der Waals surface area contributed by atoms with Crippen molar-refractivity contribution in [3.8, 4) is 0 Å². The molecule has 2 heterocycles. The average molecular weight is 318 g/mol. The molecule has 0 saturated heterocycles. The first-order chi connectivity index (χ1) is 10.6. The lowest BCUT2D eigenvalue weighted by Gasteiger charge is -2.28. The van der Waals surface area contributed by atoms with E-state index in [4.69, 9.17) is 4.42 Å². The van der Waals surface area contributed by atoms with E-state index in [-0.39, 0.29) is 17.4 Å². The van der Waals surface area contributed by atoms with E-state index in [0.717, 1.165) is 0 Å². The summed E-state index contributed by atoms with van der Waals surface area (Å²) in [7, 11) is 0. The second-order valence-corrected chi connectivity index (χ2v) is 5.73. The molecular weight excluding hydrogens is 304 g/mol. The number of amides is 1. The van der Waals surface area contributed by atoms with Gasteiger partial charge in [-0.05, 0) is 37.3 Å². The number of thioether (sulfide) groups is 1. The molecule has 0 atom stereocenters. The van der Waals surface area contributed by atoms with Gasteiger partial charge in [-0.3, -0.25) is 14.9 Å². The third-order valence-corrected chi connectivity index (χ3v) is 4.28. The smallest absolute Gasteiger partial charge is 0.294 e. The van der Waals surface area contributed by atoms with Crippen LogP contribution < -0.4 is 4.90 Å². The van der Waals surface area contributed by atoms with E-state index < -0.39 is 4.92 Å². The summed E-state index contributed by atoms with van der Waals surface area (Å²) in [6.07, 6.45) is 3.16. The van der Waals surface area contributed by atoms with Crippen LogP contribution in [0.1, 0.15) is 22.5 Å². The summed E-state index contributed by atoms with van der Waals surface area (Å²) in [6.45, 7) is 0.530. The highest BCUT2D eigenvalue weighted by molar-refractivity contribution is 7.98. The van der Waals surface area contributed by atoms with E-state index in [2.05, 4.69) is 0 Å². The molecule has 2 aromatic rings. The number of rotatable bonds is 3. The Bertz CT molecular complexity index is 741. The summed E-state index contributed by atoms with van der Waals surface area (Å²) in [5, 5.41) is 11.8. The Balaban J connectivity index is 1.99. The summed E-state index contributed by atoms with van der Waals surface area (Å²) in [5.74, 6) is -0.00884. The number of carbonyl (C=O) groups is 1. The molecule has 1 aromatic carbocycles. The van der Waals surface area contributed by atoms with Crippen LogP contribution in [0.25, 0.3) is 0 Å². The van der Waals surface area contributed by atoms with Gasteiger partial charge < -0.3 is 9.32 Å².